The Morgan fingerprint density at radius 2 is 1.81 bits per heavy atom. The molecule has 0 aliphatic heterocycles. The van der Waals surface area contributed by atoms with E-state index in [0.717, 1.165) is 37.9 Å². The Hall–Kier alpha value is -2.63. The van der Waals surface area contributed by atoms with Gasteiger partial charge >= 0.3 is 0 Å². The molecule has 0 amide bonds. The fourth-order valence-electron chi connectivity index (χ4n) is 3.51. The minimum absolute atomic E-state index is 0.0428. The average molecular weight is 378 g/mol. The molecule has 0 aliphatic rings. The van der Waals surface area contributed by atoms with Gasteiger partial charge in [-0.25, -0.2) is 0 Å². The lowest BCUT2D eigenvalue weighted by molar-refractivity contribution is 0.321. The van der Waals surface area contributed by atoms with Crippen LogP contribution in [0, 0.1) is 0 Å². The highest BCUT2D eigenvalue weighted by molar-refractivity contribution is 7.17. The van der Waals surface area contributed by atoms with Crippen molar-refractivity contribution in [1.82, 2.24) is 9.88 Å². The number of aromatic amines is 1. The molecular weight excluding hydrogens is 356 g/mol. The molecule has 138 valence electrons. The highest BCUT2D eigenvalue weighted by Crippen LogP contribution is 2.40. The number of thiophene rings is 1. The largest absolute Gasteiger partial charge is 0.496 e. The van der Waals surface area contributed by atoms with E-state index in [2.05, 4.69) is 55.2 Å². The Bertz CT molecular complexity index is 1170. The first kappa shape index (κ1) is 17.8. The minimum Gasteiger partial charge on any atom is -0.496 e. The van der Waals surface area contributed by atoms with E-state index < -0.39 is 0 Å². The minimum atomic E-state index is -0.0428. The smallest absolute Gasteiger partial charge is 0.266 e. The lowest BCUT2D eigenvalue weighted by Crippen LogP contribution is -2.16. The van der Waals surface area contributed by atoms with Crippen LogP contribution in [0.1, 0.15) is 18.5 Å². The summed E-state index contributed by atoms with van der Waals surface area (Å²) in [6.07, 6.45) is 0. The number of hydrogen-bond acceptors (Lipinski definition) is 4. The molecule has 1 atom stereocenters. The van der Waals surface area contributed by atoms with E-state index in [1.54, 1.807) is 7.11 Å². The summed E-state index contributed by atoms with van der Waals surface area (Å²) < 4.78 is 6.43. The molecule has 0 bridgehead atoms. The van der Waals surface area contributed by atoms with Crippen LogP contribution in [0.5, 0.6) is 5.75 Å². The van der Waals surface area contributed by atoms with Crippen LogP contribution in [0.4, 0.5) is 0 Å². The first-order valence-corrected chi connectivity index (χ1v) is 9.76. The first-order chi connectivity index (χ1) is 13.0. The van der Waals surface area contributed by atoms with E-state index in [0.29, 0.717) is 6.04 Å². The van der Waals surface area contributed by atoms with Gasteiger partial charge in [-0.2, -0.15) is 0 Å². The van der Waals surface area contributed by atoms with Crippen molar-refractivity contribution in [2.24, 2.45) is 0 Å². The average Bonchev–Trinajstić information content (AvgIpc) is 3.17. The second-order valence-electron chi connectivity index (χ2n) is 6.94. The molecule has 1 unspecified atom stereocenters. The fraction of sp³-hybridized carbons (Fsp3) is 0.227. The zero-order valence-electron chi connectivity index (χ0n) is 15.9. The van der Waals surface area contributed by atoms with Crippen molar-refractivity contribution in [1.29, 1.82) is 0 Å². The number of methoxy groups -OCH3 is 1. The van der Waals surface area contributed by atoms with Gasteiger partial charge in [-0.15, -0.1) is 11.3 Å². The van der Waals surface area contributed by atoms with Crippen molar-refractivity contribution >= 4 is 32.3 Å². The maximum atomic E-state index is 12.4. The molecule has 1 N–H and O–H groups in total. The summed E-state index contributed by atoms with van der Waals surface area (Å²) in [5, 5.41) is 3.96. The molecule has 27 heavy (non-hydrogen) atoms. The number of aromatic nitrogens is 1. The number of nitrogens with one attached hydrogen (secondary N) is 1. The van der Waals surface area contributed by atoms with E-state index in [9.17, 15) is 4.79 Å². The molecule has 4 aromatic rings. The highest BCUT2D eigenvalue weighted by atomic mass is 32.1. The lowest BCUT2D eigenvalue weighted by Gasteiger charge is -2.20. The molecule has 4 rings (SSSR count). The van der Waals surface area contributed by atoms with E-state index in [4.69, 9.17) is 4.74 Å². The van der Waals surface area contributed by atoms with Crippen LogP contribution in [0.3, 0.4) is 0 Å². The van der Waals surface area contributed by atoms with E-state index in [1.165, 1.54) is 16.9 Å². The van der Waals surface area contributed by atoms with Crippen molar-refractivity contribution in [3.05, 3.63) is 63.8 Å². The molecule has 0 fully saturated rings. The van der Waals surface area contributed by atoms with Crippen molar-refractivity contribution < 1.29 is 4.74 Å². The highest BCUT2D eigenvalue weighted by Gasteiger charge is 2.17. The molecule has 0 spiro atoms. The SMILES string of the molecule is COc1ccc2[nH]c(=O)c3sccc3c2c1-c1ccc(C(C)N(C)C)cc1. The number of pyridine rings is 1. The van der Waals surface area contributed by atoms with Gasteiger partial charge in [0.2, 0.25) is 0 Å². The van der Waals surface area contributed by atoms with E-state index in [-0.39, 0.29) is 5.56 Å². The predicted molar refractivity (Wildman–Crippen MR) is 114 cm³/mol. The lowest BCUT2D eigenvalue weighted by atomic mass is 9.95. The van der Waals surface area contributed by atoms with Crippen LogP contribution in [0.25, 0.3) is 32.1 Å². The van der Waals surface area contributed by atoms with Gasteiger partial charge in [-0.3, -0.25) is 4.79 Å². The molecule has 2 aromatic carbocycles. The Kier molecular flexibility index (Phi) is 4.50. The molecule has 0 saturated carbocycles. The van der Waals surface area contributed by atoms with Crippen molar-refractivity contribution in [3.8, 4) is 16.9 Å². The van der Waals surface area contributed by atoms with Gasteiger partial charge in [-0.05, 0) is 55.7 Å². The Morgan fingerprint density at radius 1 is 1.07 bits per heavy atom. The monoisotopic (exact) mass is 378 g/mol. The molecule has 2 aromatic heterocycles. The zero-order valence-corrected chi connectivity index (χ0v) is 16.7. The second-order valence-corrected chi connectivity index (χ2v) is 7.86. The van der Waals surface area contributed by atoms with Gasteiger partial charge in [0.15, 0.2) is 0 Å². The van der Waals surface area contributed by atoms with Gasteiger partial charge in [0, 0.05) is 27.9 Å². The summed E-state index contributed by atoms with van der Waals surface area (Å²) in [4.78, 5) is 17.6. The van der Waals surface area contributed by atoms with E-state index in [1.807, 2.05) is 23.6 Å². The standard InChI is InChI=1S/C22H22N2O2S/c1-13(24(2)3)14-5-7-15(8-6-14)19-18(26-4)10-9-17-20(19)16-11-12-27-21(16)22(25)23-17/h5-13H,1-4H3,(H,23,25). The topological polar surface area (TPSA) is 45.3 Å². The molecule has 0 aliphatic carbocycles. The molecule has 2 heterocycles. The predicted octanol–water partition coefficient (Wildman–Crippen LogP) is 5.04. The number of ether oxygens (including phenoxy) is 1. The van der Waals surface area contributed by atoms with Crippen molar-refractivity contribution in [3.63, 3.8) is 0 Å². The Labute approximate surface area is 162 Å². The maximum absolute atomic E-state index is 12.4. The van der Waals surface area contributed by atoms with Crippen LogP contribution in [-0.4, -0.2) is 31.1 Å². The van der Waals surface area contributed by atoms with Crippen LogP contribution in [0.2, 0.25) is 0 Å². The zero-order chi connectivity index (χ0) is 19.1. The Morgan fingerprint density at radius 3 is 2.48 bits per heavy atom. The summed E-state index contributed by atoms with van der Waals surface area (Å²) in [5.41, 5.74) is 4.13. The normalized spacial score (nSPS) is 12.8. The fourth-order valence-corrected chi connectivity index (χ4v) is 4.31. The number of nitrogens with zero attached hydrogens (tertiary/aromatic N) is 1. The number of H-pyrrole nitrogens is 1. The van der Waals surface area contributed by atoms with E-state index >= 15 is 0 Å². The van der Waals surface area contributed by atoms with Crippen molar-refractivity contribution in [2.75, 3.05) is 21.2 Å². The quantitative estimate of drug-likeness (QED) is 0.541. The molecule has 0 radical (unpaired) electrons. The van der Waals surface area contributed by atoms with Gasteiger partial charge in [0.1, 0.15) is 10.4 Å². The summed E-state index contributed by atoms with van der Waals surface area (Å²) in [6.45, 7) is 2.19. The van der Waals surface area contributed by atoms with Crippen LogP contribution < -0.4 is 10.3 Å². The van der Waals surface area contributed by atoms with Crippen LogP contribution in [-0.2, 0) is 0 Å². The Balaban J connectivity index is 2.00. The van der Waals surface area contributed by atoms with Crippen molar-refractivity contribution in [2.45, 2.75) is 13.0 Å². The maximum Gasteiger partial charge on any atom is 0.266 e. The van der Waals surface area contributed by atoms with Gasteiger partial charge in [0.05, 0.1) is 7.11 Å². The summed E-state index contributed by atoms with van der Waals surface area (Å²) >= 11 is 1.47. The van der Waals surface area contributed by atoms with Gasteiger partial charge in [-0.1, -0.05) is 24.3 Å². The molecule has 5 heteroatoms. The van der Waals surface area contributed by atoms with Gasteiger partial charge < -0.3 is 14.6 Å². The third kappa shape index (κ3) is 2.93. The molecule has 4 nitrogen and oxygen atoms in total. The third-order valence-corrected chi connectivity index (χ3v) is 6.15. The number of benzene rings is 2. The first-order valence-electron chi connectivity index (χ1n) is 8.88. The van der Waals surface area contributed by atoms with Gasteiger partial charge in [0.25, 0.3) is 5.56 Å². The third-order valence-electron chi connectivity index (χ3n) is 5.23. The van der Waals surface area contributed by atoms with Crippen LogP contribution >= 0.6 is 11.3 Å². The summed E-state index contributed by atoms with van der Waals surface area (Å²) in [7, 11) is 5.84. The number of fused-ring (bicyclic) bond motifs is 3. The molecular formula is C22H22N2O2S. The molecule has 0 saturated heterocycles. The van der Waals surface area contributed by atoms with Crippen LogP contribution in [0.15, 0.2) is 52.6 Å². The summed E-state index contributed by atoms with van der Waals surface area (Å²) in [5.74, 6) is 0.801. The number of hydrogen-bond donors (Lipinski definition) is 1. The number of rotatable bonds is 4. The second kappa shape index (κ2) is 6.83. The summed E-state index contributed by atoms with van der Waals surface area (Å²) in [6, 6.07) is 14.8.